The van der Waals surface area contributed by atoms with Gasteiger partial charge in [0.2, 0.25) is 0 Å². The third kappa shape index (κ3) is 4.37. The second-order valence-electron chi connectivity index (χ2n) is 6.35. The molecule has 0 fully saturated rings. The molecule has 0 atom stereocenters. The summed E-state index contributed by atoms with van der Waals surface area (Å²) in [6.45, 7) is 6.40. The van der Waals surface area contributed by atoms with Crippen molar-refractivity contribution in [3.05, 3.63) is 75.3 Å². The Bertz CT molecular complexity index is 754. The van der Waals surface area contributed by atoms with Gasteiger partial charge in [0.05, 0.1) is 10.0 Å². The molecule has 2 nitrogen and oxygen atoms in total. The molecule has 0 aliphatic carbocycles. The Morgan fingerprint density at radius 1 is 0.957 bits per heavy atom. The van der Waals surface area contributed by atoms with Crippen LogP contribution in [0.4, 0.5) is 0 Å². The van der Waals surface area contributed by atoms with Crippen LogP contribution in [0.2, 0.25) is 10.0 Å². The second-order valence-corrected chi connectivity index (χ2v) is 7.17. The van der Waals surface area contributed by atoms with Crippen LogP contribution in [0.25, 0.3) is 5.57 Å². The molecule has 0 aliphatic rings. The monoisotopic (exact) mass is 348 g/mol. The van der Waals surface area contributed by atoms with Crippen LogP contribution in [-0.4, -0.2) is 11.1 Å². The molecule has 0 heterocycles. The Kier molecular flexibility index (Phi) is 5.18. The molecule has 0 spiro atoms. The molecule has 0 bridgehead atoms. The fourth-order valence-corrected chi connectivity index (χ4v) is 2.57. The molecule has 0 amide bonds. The molecule has 0 unspecified atom stereocenters. The molecule has 0 radical (unpaired) electrons. The molecule has 2 aromatic carbocycles. The number of halogens is 2. The van der Waals surface area contributed by atoms with Gasteiger partial charge >= 0.3 is 5.97 Å². The first-order valence-corrected chi connectivity index (χ1v) is 7.95. The van der Waals surface area contributed by atoms with Gasteiger partial charge in [0, 0.05) is 6.08 Å². The third-order valence-electron chi connectivity index (χ3n) is 3.56. The second kappa shape index (κ2) is 6.77. The van der Waals surface area contributed by atoms with Crippen LogP contribution in [0.3, 0.4) is 0 Å². The minimum absolute atomic E-state index is 0.0405. The van der Waals surface area contributed by atoms with Gasteiger partial charge in [-0.2, -0.15) is 0 Å². The molecule has 0 aliphatic heterocycles. The molecule has 0 aromatic heterocycles. The van der Waals surface area contributed by atoms with Crippen molar-refractivity contribution in [3.8, 4) is 0 Å². The van der Waals surface area contributed by atoms with E-state index in [1.807, 2.05) is 24.3 Å². The number of carboxylic acids is 1. The number of aliphatic carboxylic acids is 1. The quantitative estimate of drug-likeness (QED) is 0.710. The van der Waals surface area contributed by atoms with E-state index in [9.17, 15) is 9.90 Å². The van der Waals surface area contributed by atoms with E-state index in [2.05, 4.69) is 20.8 Å². The fourth-order valence-electron chi connectivity index (χ4n) is 2.27. The van der Waals surface area contributed by atoms with Crippen LogP contribution < -0.4 is 0 Å². The highest BCUT2D eigenvalue weighted by Crippen LogP contribution is 2.31. The normalized spacial score (nSPS) is 12.3. The van der Waals surface area contributed by atoms with Crippen LogP contribution in [0.1, 0.15) is 37.5 Å². The van der Waals surface area contributed by atoms with Gasteiger partial charge < -0.3 is 5.11 Å². The zero-order valence-electron chi connectivity index (χ0n) is 13.2. The number of benzene rings is 2. The third-order valence-corrected chi connectivity index (χ3v) is 4.30. The first kappa shape index (κ1) is 17.6. The average molecular weight is 349 g/mol. The largest absolute Gasteiger partial charge is 0.478 e. The Morgan fingerprint density at radius 2 is 1.52 bits per heavy atom. The zero-order valence-corrected chi connectivity index (χ0v) is 14.7. The van der Waals surface area contributed by atoms with Gasteiger partial charge in [0.1, 0.15) is 0 Å². The summed E-state index contributed by atoms with van der Waals surface area (Å²) in [7, 11) is 0. The average Bonchev–Trinajstić information content (AvgIpc) is 2.47. The highest BCUT2D eigenvalue weighted by Gasteiger charge is 2.15. The lowest BCUT2D eigenvalue weighted by Gasteiger charge is -2.19. The minimum Gasteiger partial charge on any atom is -0.478 e. The lowest BCUT2D eigenvalue weighted by Crippen LogP contribution is -2.10. The summed E-state index contributed by atoms with van der Waals surface area (Å²) in [4.78, 5) is 11.2. The van der Waals surface area contributed by atoms with Crippen LogP contribution in [0.15, 0.2) is 48.5 Å². The van der Waals surface area contributed by atoms with Gasteiger partial charge in [0.15, 0.2) is 0 Å². The topological polar surface area (TPSA) is 37.3 Å². The fraction of sp³-hybridized carbons (Fsp3) is 0.211. The number of rotatable bonds is 3. The molecule has 0 saturated heterocycles. The smallest absolute Gasteiger partial charge is 0.328 e. The van der Waals surface area contributed by atoms with Gasteiger partial charge in [-0.15, -0.1) is 0 Å². The minimum atomic E-state index is -1.01. The first-order chi connectivity index (χ1) is 10.7. The summed E-state index contributed by atoms with van der Waals surface area (Å²) < 4.78 is 0. The standard InChI is InChI=1S/C19H18Cl2O2/c1-19(2,3)14-7-4-12(5-8-14)15(11-18(22)23)13-6-9-16(20)17(21)10-13/h4-11H,1-3H3,(H,22,23)/b15-11+. The zero-order chi connectivity index (χ0) is 17.2. The Balaban J connectivity index is 2.52. The van der Waals surface area contributed by atoms with Gasteiger partial charge in [-0.1, -0.05) is 74.3 Å². The van der Waals surface area contributed by atoms with Gasteiger partial charge in [-0.3, -0.25) is 0 Å². The lowest BCUT2D eigenvalue weighted by molar-refractivity contribution is -0.131. The summed E-state index contributed by atoms with van der Waals surface area (Å²) in [5.41, 5.74) is 3.35. The van der Waals surface area contributed by atoms with Gasteiger partial charge in [-0.05, 0) is 39.8 Å². The summed E-state index contributed by atoms with van der Waals surface area (Å²) in [6, 6.07) is 13.0. The van der Waals surface area contributed by atoms with Crippen LogP contribution in [-0.2, 0) is 10.2 Å². The summed E-state index contributed by atoms with van der Waals surface area (Å²) >= 11 is 12.0. The van der Waals surface area contributed by atoms with E-state index in [1.54, 1.807) is 18.2 Å². The van der Waals surface area contributed by atoms with E-state index in [4.69, 9.17) is 23.2 Å². The Hall–Kier alpha value is -1.77. The SMILES string of the molecule is CC(C)(C)c1ccc(/C(=C\C(=O)O)c2ccc(Cl)c(Cl)c2)cc1. The maximum atomic E-state index is 11.2. The number of hydrogen-bond acceptors (Lipinski definition) is 1. The molecular formula is C19H18Cl2O2. The molecule has 4 heteroatoms. The van der Waals surface area contributed by atoms with Crippen molar-refractivity contribution in [2.24, 2.45) is 0 Å². The van der Waals surface area contributed by atoms with Gasteiger partial charge in [0.25, 0.3) is 0 Å². The van der Waals surface area contributed by atoms with E-state index < -0.39 is 5.97 Å². The van der Waals surface area contributed by atoms with Crippen molar-refractivity contribution in [1.29, 1.82) is 0 Å². The molecular weight excluding hydrogens is 331 g/mol. The van der Waals surface area contributed by atoms with E-state index in [0.717, 1.165) is 5.56 Å². The van der Waals surface area contributed by atoms with E-state index >= 15 is 0 Å². The van der Waals surface area contributed by atoms with Crippen molar-refractivity contribution < 1.29 is 9.90 Å². The number of carboxylic acid groups (broad SMARTS) is 1. The first-order valence-electron chi connectivity index (χ1n) is 7.19. The van der Waals surface area contributed by atoms with Crippen LogP contribution in [0.5, 0.6) is 0 Å². The van der Waals surface area contributed by atoms with Crippen LogP contribution in [0, 0.1) is 0 Å². The number of hydrogen-bond donors (Lipinski definition) is 1. The van der Waals surface area contributed by atoms with Gasteiger partial charge in [-0.25, -0.2) is 4.79 Å². The van der Waals surface area contributed by atoms with Crippen molar-refractivity contribution in [3.63, 3.8) is 0 Å². The predicted octanol–water partition coefficient (Wildman–Crippen LogP) is 5.81. The molecule has 120 valence electrons. The molecule has 2 aromatic rings. The van der Waals surface area contributed by atoms with Crippen molar-refractivity contribution in [1.82, 2.24) is 0 Å². The lowest BCUT2D eigenvalue weighted by atomic mass is 9.85. The maximum Gasteiger partial charge on any atom is 0.328 e. The highest BCUT2D eigenvalue weighted by atomic mass is 35.5. The van der Waals surface area contributed by atoms with Crippen molar-refractivity contribution in [2.45, 2.75) is 26.2 Å². The van der Waals surface area contributed by atoms with Crippen molar-refractivity contribution in [2.75, 3.05) is 0 Å². The van der Waals surface area contributed by atoms with E-state index in [1.165, 1.54) is 11.6 Å². The molecule has 1 N–H and O–H groups in total. The number of carbonyl (C=O) groups is 1. The molecule has 2 rings (SSSR count). The predicted molar refractivity (Wildman–Crippen MR) is 96.3 cm³/mol. The van der Waals surface area contributed by atoms with E-state index in [0.29, 0.717) is 21.2 Å². The maximum absolute atomic E-state index is 11.2. The summed E-state index contributed by atoms with van der Waals surface area (Å²) in [6.07, 6.45) is 1.19. The summed E-state index contributed by atoms with van der Waals surface area (Å²) in [5.74, 6) is -1.01. The molecule has 0 saturated carbocycles. The summed E-state index contributed by atoms with van der Waals surface area (Å²) in [5, 5.41) is 10.0. The highest BCUT2D eigenvalue weighted by molar-refractivity contribution is 6.42. The Labute approximate surface area is 146 Å². The van der Waals surface area contributed by atoms with Crippen molar-refractivity contribution >= 4 is 34.7 Å². The van der Waals surface area contributed by atoms with E-state index in [-0.39, 0.29) is 5.41 Å². The van der Waals surface area contributed by atoms with Crippen LogP contribution >= 0.6 is 23.2 Å². The molecule has 23 heavy (non-hydrogen) atoms. The Morgan fingerprint density at radius 3 is 2.00 bits per heavy atom.